The first-order chi connectivity index (χ1) is 13.9. The predicted molar refractivity (Wildman–Crippen MR) is 131 cm³/mol. The minimum absolute atomic E-state index is 0.0707. The quantitative estimate of drug-likeness (QED) is 0.426. The largest absolute Gasteiger partial charge is 0.507 e. The van der Waals surface area contributed by atoms with Gasteiger partial charge in [0.25, 0.3) is 0 Å². The van der Waals surface area contributed by atoms with E-state index < -0.39 is 0 Å². The van der Waals surface area contributed by atoms with Crippen molar-refractivity contribution >= 4 is 29.4 Å². The molecule has 0 aliphatic carbocycles. The molecule has 1 heterocycles. The van der Waals surface area contributed by atoms with Gasteiger partial charge >= 0.3 is 0 Å². The SMILES string of the molecule is CC.CC.CNC(=O)CSCCSc1cc(C)c(O)c(C)c1.Cc1cccnc1. The van der Waals surface area contributed by atoms with E-state index >= 15 is 0 Å². The number of phenols is 1. The van der Waals surface area contributed by atoms with E-state index in [1.165, 1.54) is 10.5 Å². The third-order valence-electron chi connectivity index (χ3n) is 3.28. The molecule has 4 nitrogen and oxygen atoms in total. The third kappa shape index (κ3) is 14.9. The van der Waals surface area contributed by atoms with E-state index in [1.54, 1.807) is 36.8 Å². The van der Waals surface area contributed by atoms with Crippen molar-refractivity contribution in [2.45, 2.75) is 53.4 Å². The first kappa shape index (κ1) is 29.5. The molecule has 0 saturated carbocycles. The van der Waals surface area contributed by atoms with Gasteiger partial charge in [-0.2, -0.15) is 11.8 Å². The maximum absolute atomic E-state index is 11.0. The Morgan fingerprint density at radius 2 is 1.66 bits per heavy atom. The van der Waals surface area contributed by atoms with E-state index in [4.69, 9.17) is 0 Å². The Labute approximate surface area is 186 Å². The van der Waals surface area contributed by atoms with Gasteiger partial charge in [-0.15, -0.1) is 11.8 Å². The summed E-state index contributed by atoms with van der Waals surface area (Å²) in [6, 6.07) is 7.94. The number of phenolic OH excluding ortho intramolecular Hbond substituents is 1. The fourth-order valence-corrected chi connectivity index (χ4v) is 3.94. The number of nitrogens with one attached hydrogen (secondary N) is 1. The molecular weight excluding hydrogens is 400 g/mol. The average Bonchev–Trinajstić information content (AvgIpc) is 2.75. The van der Waals surface area contributed by atoms with Crippen LogP contribution in [0.2, 0.25) is 0 Å². The molecular formula is C23H38N2O2S2. The number of thioether (sulfide) groups is 2. The summed E-state index contributed by atoms with van der Waals surface area (Å²) in [6.45, 7) is 13.8. The van der Waals surface area contributed by atoms with Gasteiger partial charge < -0.3 is 10.4 Å². The Bertz CT molecular complexity index is 642. The number of aromatic nitrogens is 1. The smallest absolute Gasteiger partial charge is 0.229 e. The second-order valence-electron chi connectivity index (χ2n) is 5.51. The zero-order chi connectivity index (χ0) is 22.7. The Hall–Kier alpha value is -1.66. The van der Waals surface area contributed by atoms with Gasteiger partial charge in [0.2, 0.25) is 5.91 Å². The first-order valence-corrected chi connectivity index (χ1v) is 12.2. The molecule has 0 unspecified atom stereocenters. The second kappa shape index (κ2) is 19.6. The van der Waals surface area contributed by atoms with Crippen LogP contribution < -0.4 is 5.32 Å². The summed E-state index contributed by atoms with van der Waals surface area (Å²) in [5.41, 5.74) is 3.04. The summed E-state index contributed by atoms with van der Waals surface area (Å²) < 4.78 is 0. The summed E-state index contributed by atoms with van der Waals surface area (Å²) in [5, 5.41) is 12.3. The number of carbonyl (C=O) groups is 1. The highest BCUT2D eigenvalue weighted by Crippen LogP contribution is 2.28. The number of carbonyl (C=O) groups excluding carboxylic acids is 1. The number of nitrogens with zero attached hydrogens (tertiary/aromatic N) is 1. The number of pyridine rings is 1. The number of amides is 1. The Kier molecular flexibility index (Phi) is 20.0. The monoisotopic (exact) mass is 438 g/mol. The molecule has 0 bridgehead atoms. The van der Waals surface area contributed by atoms with Crippen molar-refractivity contribution in [1.29, 1.82) is 0 Å². The molecule has 0 atom stereocenters. The Morgan fingerprint density at radius 1 is 1.07 bits per heavy atom. The summed E-state index contributed by atoms with van der Waals surface area (Å²) in [4.78, 5) is 16.1. The number of hydrogen-bond donors (Lipinski definition) is 2. The van der Waals surface area contributed by atoms with Gasteiger partial charge in [0.05, 0.1) is 5.75 Å². The molecule has 0 fully saturated rings. The van der Waals surface area contributed by atoms with E-state index in [9.17, 15) is 9.90 Å². The van der Waals surface area contributed by atoms with E-state index in [0.29, 0.717) is 11.5 Å². The molecule has 0 saturated heterocycles. The van der Waals surface area contributed by atoms with Crippen LogP contribution in [0.3, 0.4) is 0 Å². The fourth-order valence-electron chi connectivity index (χ4n) is 1.90. The van der Waals surface area contributed by atoms with Crippen LogP contribution in [-0.4, -0.2) is 40.3 Å². The first-order valence-electron chi connectivity index (χ1n) is 10.0. The predicted octanol–water partition coefficient (Wildman–Crippen LogP) is 6.02. The van der Waals surface area contributed by atoms with Crippen molar-refractivity contribution in [2.75, 3.05) is 24.3 Å². The zero-order valence-corrected chi connectivity index (χ0v) is 20.8. The third-order valence-corrected chi connectivity index (χ3v) is 5.48. The lowest BCUT2D eigenvalue weighted by atomic mass is 10.1. The second-order valence-corrected chi connectivity index (χ2v) is 7.78. The topological polar surface area (TPSA) is 62.2 Å². The highest BCUT2D eigenvalue weighted by atomic mass is 32.2. The molecule has 2 aromatic rings. The lowest BCUT2D eigenvalue weighted by molar-refractivity contribution is -0.118. The maximum atomic E-state index is 11.0. The standard InChI is InChI=1S/C13H19NO2S2.C6H7N.2C2H6/c1-9-6-11(7-10(2)13(9)16)18-5-4-17-8-12(15)14-3;1-6-3-2-4-7-5-6;2*1-2/h6-7,16H,4-5,8H2,1-3H3,(H,14,15);2-5H,1H3;2*1-2H3. The molecule has 1 aromatic heterocycles. The van der Waals surface area contributed by atoms with Crippen LogP contribution in [0.5, 0.6) is 5.75 Å². The molecule has 2 N–H and O–H groups in total. The van der Waals surface area contributed by atoms with Gasteiger partial charge in [0, 0.05) is 35.8 Å². The van der Waals surface area contributed by atoms with Crippen molar-refractivity contribution in [2.24, 2.45) is 0 Å². The van der Waals surface area contributed by atoms with Crippen LogP contribution in [-0.2, 0) is 4.79 Å². The number of aryl methyl sites for hydroxylation is 3. The molecule has 164 valence electrons. The molecule has 0 radical (unpaired) electrons. The van der Waals surface area contributed by atoms with Crippen LogP contribution in [0.1, 0.15) is 44.4 Å². The van der Waals surface area contributed by atoms with Crippen LogP contribution >= 0.6 is 23.5 Å². The van der Waals surface area contributed by atoms with Crippen molar-refractivity contribution in [1.82, 2.24) is 10.3 Å². The summed E-state index contributed by atoms with van der Waals surface area (Å²) in [5.74, 6) is 2.88. The number of benzene rings is 1. The molecule has 1 amide bonds. The van der Waals surface area contributed by atoms with Crippen molar-refractivity contribution in [3.8, 4) is 5.75 Å². The summed E-state index contributed by atoms with van der Waals surface area (Å²) >= 11 is 3.39. The lowest BCUT2D eigenvalue weighted by Crippen LogP contribution is -2.20. The number of hydrogen-bond acceptors (Lipinski definition) is 5. The van der Waals surface area contributed by atoms with Gasteiger partial charge in [0.1, 0.15) is 5.75 Å². The van der Waals surface area contributed by atoms with Gasteiger partial charge in [-0.25, -0.2) is 0 Å². The molecule has 2 rings (SSSR count). The summed E-state index contributed by atoms with van der Waals surface area (Å²) in [7, 11) is 1.65. The van der Waals surface area contributed by atoms with Crippen molar-refractivity contribution in [3.05, 3.63) is 53.3 Å². The van der Waals surface area contributed by atoms with Crippen molar-refractivity contribution < 1.29 is 9.90 Å². The molecule has 1 aromatic carbocycles. The highest BCUT2D eigenvalue weighted by Gasteiger charge is 2.04. The maximum Gasteiger partial charge on any atom is 0.229 e. The van der Waals surface area contributed by atoms with E-state index in [2.05, 4.69) is 10.3 Å². The average molecular weight is 439 g/mol. The summed E-state index contributed by atoms with van der Waals surface area (Å²) in [6.07, 6.45) is 3.60. The lowest BCUT2D eigenvalue weighted by Gasteiger charge is -2.07. The van der Waals surface area contributed by atoms with Gasteiger partial charge in [-0.1, -0.05) is 33.8 Å². The Morgan fingerprint density at radius 3 is 2.07 bits per heavy atom. The molecule has 29 heavy (non-hydrogen) atoms. The fraction of sp³-hybridized carbons (Fsp3) is 0.478. The number of rotatable bonds is 6. The van der Waals surface area contributed by atoms with Crippen LogP contribution in [0.25, 0.3) is 0 Å². The van der Waals surface area contributed by atoms with Gasteiger partial charge in [-0.05, 0) is 55.7 Å². The van der Waals surface area contributed by atoms with E-state index in [-0.39, 0.29) is 5.91 Å². The van der Waals surface area contributed by atoms with Gasteiger partial charge in [-0.3, -0.25) is 9.78 Å². The molecule has 0 aliphatic heterocycles. The number of aromatic hydroxyl groups is 1. The van der Waals surface area contributed by atoms with Crippen molar-refractivity contribution in [3.63, 3.8) is 0 Å². The van der Waals surface area contributed by atoms with Crippen LogP contribution in [0.4, 0.5) is 0 Å². The molecule has 0 spiro atoms. The molecule has 0 aliphatic rings. The van der Waals surface area contributed by atoms with E-state index in [0.717, 1.165) is 22.6 Å². The minimum atomic E-state index is 0.0707. The van der Waals surface area contributed by atoms with Gasteiger partial charge in [0.15, 0.2) is 0 Å². The minimum Gasteiger partial charge on any atom is -0.507 e. The highest BCUT2D eigenvalue weighted by molar-refractivity contribution is 8.03. The Balaban J connectivity index is 0. The van der Waals surface area contributed by atoms with Crippen LogP contribution in [0, 0.1) is 20.8 Å². The zero-order valence-electron chi connectivity index (χ0n) is 19.2. The molecule has 6 heteroatoms. The van der Waals surface area contributed by atoms with E-state index in [1.807, 2.05) is 78.9 Å². The van der Waals surface area contributed by atoms with Crippen LogP contribution in [0.15, 0.2) is 41.6 Å². The normalized spacial score (nSPS) is 8.97.